The average molecular weight is 214 g/mol. The molecule has 0 aromatic heterocycles. The maximum atomic E-state index is 5.67. The van der Waals surface area contributed by atoms with Crippen LogP contribution in [0.1, 0.15) is 0 Å². The van der Waals surface area contributed by atoms with E-state index in [4.69, 9.17) is 20.9 Å². The van der Waals surface area contributed by atoms with Crippen molar-refractivity contribution >= 4 is 11.4 Å². The Bertz CT molecular complexity index is 517. The lowest BCUT2D eigenvalue weighted by Crippen LogP contribution is -2.00. The number of nitrogens with two attached hydrogens (primary N) is 2. The Hall–Kier alpha value is -2.36. The molecular weight excluding hydrogens is 204 g/mol. The fraction of sp³-hybridized carbons (Fsp3) is 0. The summed E-state index contributed by atoms with van der Waals surface area (Å²) in [6.45, 7) is 0. The van der Waals surface area contributed by atoms with E-state index in [0.29, 0.717) is 34.4 Å². The lowest BCUT2D eigenvalue weighted by Gasteiger charge is -2.20. The van der Waals surface area contributed by atoms with Gasteiger partial charge in [-0.15, -0.1) is 0 Å². The zero-order valence-corrected chi connectivity index (χ0v) is 8.44. The van der Waals surface area contributed by atoms with Gasteiger partial charge in [-0.3, -0.25) is 0 Å². The van der Waals surface area contributed by atoms with Crippen LogP contribution in [-0.2, 0) is 0 Å². The highest BCUT2D eigenvalue weighted by Gasteiger charge is 2.18. The van der Waals surface area contributed by atoms with Gasteiger partial charge in [-0.1, -0.05) is 0 Å². The zero-order chi connectivity index (χ0) is 11.1. The summed E-state index contributed by atoms with van der Waals surface area (Å²) < 4.78 is 11.3. The van der Waals surface area contributed by atoms with Crippen molar-refractivity contribution in [3.05, 3.63) is 36.4 Å². The molecule has 1 heterocycles. The van der Waals surface area contributed by atoms with Gasteiger partial charge in [0.15, 0.2) is 23.0 Å². The molecule has 4 N–H and O–H groups in total. The van der Waals surface area contributed by atoms with Crippen LogP contribution in [-0.4, -0.2) is 0 Å². The van der Waals surface area contributed by atoms with E-state index in [0.717, 1.165) is 0 Å². The fourth-order valence-electron chi connectivity index (χ4n) is 1.61. The van der Waals surface area contributed by atoms with Gasteiger partial charge < -0.3 is 20.9 Å². The first-order chi connectivity index (χ1) is 7.72. The molecule has 2 aromatic carbocycles. The molecule has 4 heteroatoms. The first-order valence-corrected chi connectivity index (χ1v) is 4.87. The lowest BCUT2D eigenvalue weighted by atomic mass is 10.2. The molecule has 3 rings (SSSR count). The highest BCUT2D eigenvalue weighted by atomic mass is 16.6. The number of anilines is 2. The van der Waals surface area contributed by atoms with E-state index in [1.54, 1.807) is 36.4 Å². The van der Waals surface area contributed by atoms with Crippen LogP contribution in [0.25, 0.3) is 0 Å². The maximum Gasteiger partial charge on any atom is 0.172 e. The van der Waals surface area contributed by atoms with Crippen molar-refractivity contribution in [3.8, 4) is 23.0 Å². The smallest absolute Gasteiger partial charge is 0.172 e. The Morgan fingerprint density at radius 2 is 1.06 bits per heavy atom. The van der Waals surface area contributed by atoms with Gasteiger partial charge in [0.1, 0.15) is 0 Å². The summed E-state index contributed by atoms with van der Waals surface area (Å²) >= 11 is 0. The summed E-state index contributed by atoms with van der Waals surface area (Å²) in [7, 11) is 0. The molecule has 1 aliphatic heterocycles. The van der Waals surface area contributed by atoms with E-state index in [1.165, 1.54) is 0 Å². The van der Waals surface area contributed by atoms with E-state index >= 15 is 0 Å². The van der Waals surface area contributed by atoms with Gasteiger partial charge in [0.2, 0.25) is 0 Å². The minimum atomic E-state index is 0.609. The van der Waals surface area contributed by atoms with Crippen LogP contribution in [0, 0.1) is 0 Å². The van der Waals surface area contributed by atoms with Crippen LogP contribution in [0.4, 0.5) is 11.4 Å². The van der Waals surface area contributed by atoms with Gasteiger partial charge in [-0.25, -0.2) is 0 Å². The van der Waals surface area contributed by atoms with Gasteiger partial charge in [0, 0.05) is 23.5 Å². The number of benzene rings is 2. The average Bonchev–Trinajstić information content (AvgIpc) is 2.26. The number of fused-ring (bicyclic) bond motifs is 2. The molecule has 4 nitrogen and oxygen atoms in total. The van der Waals surface area contributed by atoms with Crippen LogP contribution in [0.3, 0.4) is 0 Å². The van der Waals surface area contributed by atoms with Crippen LogP contribution < -0.4 is 20.9 Å². The van der Waals surface area contributed by atoms with Crippen molar-refractivity contribution in [2.45, 2.75) is 0 Å². The molecule has 0 bridgehead atoms. The van der Waals surface area contributed by atoms with E-state index in [9.17, 15) is 0 Å². The van der Waals surface area contributed by atoms with Crippen molar-refractivity contribution in [2.24, 2.45) is 0 Å². The minimum Gasteiger partial charge on any atom is -0.450 e. The number of hydrogen-bond donors (Lipinski definition) is 2. The van der Waals surface area contributed by atoms with E-state index in [2.05, 4.69) is 0 Å². The van der Waals surface area contributed by atoms with Gasteiger partial charge in [0.25, 0.3) is 0 Å². The molecular formula is C12H10N2O2. The molecule has 2 aromatic rings. The monoisotopic (exact) mass is 214 g/mol. The molecule has 0 radical (unpaired) electrons. The molecule has 16 heavy (non-hydrogen) atoms. The Labute approximate surface area is 92.4 Å². The highest BCUT2D eigenvalue weighted by molar-refractivity contribution is 5.61. The predicted octanol–water partition coefficient (Wildman–Crippen LogP) is 2.75. The first-order valence-electron chi connectivity index (χ1n) is 4.87. The predicted molar refractivity (Wildman–Crippen MR) is 61.9 cm³/mol. The zero-order valence-electron chi connectivity index (χ0n) is 8.44. The van der Waals surface area contributed by atoms with Crippen LogP contribution >= 0.6 is 0 Å². The van der Waals surface area contributed by atoms with Crippen LogP contribution in [0.5, 0.6) is 23.0 Å². The van der Waals surface area contributed by atoms with E-state index in [1.807, 2.05) is 0 Å². The number of hydrogen-bond acceptors (Lipinski definition) is 4. The third-order valence-electron chi connectivity index (χ3n) is 2.38. The van der Waals surface area contributed by atoms with Crippen LogP contribution in [0.15, 0.2) is 36.4 Å². The van der Waals surface area contributed by atoms with Crippen LogP contribution in [0.2, 0.25) is 0 Å². The Balaban J connectivity index is 2.10. The van der Waals surface area contributed by atoms with Crippen molar-refractivity contribution in [1.82, 2.24) is 0 Å². The second-order valence-electron chi connectivity index (χ2n) is 3.62. The van der Waals surface area contributed by atoms with Crippen molar-refractivity contribution in [3.63, 3.8) is 0 Å². The van der Waals surface area contributed by atoms with Gasteiger partial charge in [-0.2, -0.15) is 0 Å². The molecule has 1 aliphatic rings. The van der Waals surface area contributed by atoms with Gasteiger partial charge >= 0.3 is 0 Å². The number of ether oxygens (including phenoxy) is 2. The second kappa shape index (κ2) is 3.06. The van der Waals surface area contributed by atoms with E-state index < -0.39 is 0 Å². The summed E-state index contributed by atoms with van der Waals surface area (Å²) in [5.41, 5.74) is 12.6. The summed E-state index contributed by atoms with van der Waals surface area (Å²) in [5.74, 6) is 2.54. The van der Waals surface area contributed by atoms with Crippen molar-refractivity contribution in [1.29, 1.82) is 0 Å². The summed E-state index contributed by atoms with van der Waals surface area (Å²) in [6.07, 6.45) is 0. The van der Waals surface area contributed by atoms with Gasteiger partial charge in [0.05, 0.1) is 0 Å². The van der Waals surface area contributed by atoms with Crippen molar-refractivity contribution in [2.75, 3.05) is 11.5 Å². The quantitative estimate of drug-likeness (QED) is 0.564. The molecule has 0 fully saturated rings. The van der Waals surface area contributed by atoms with Crippen molar-refractivity contribution < 1.29 is 9.47 Å². The highest BCUT2D eigenvalue weighted by Crippen LogP contribution is 2.46. The molecule has 80 valence electrons. The maximum absolute atomic E-state index is 5.67. The normalized spacial score (nSPS) is 12.0. The SMILES string of the molecule is Nc1ccc2c(c1)Oc1cc(N)ccc1O2. The Kier molecular flexibility index (Phi) is 1.71. The summed E-state index contributed by atoms with van der Waals surface area (Å²) in [5, 5.41) is 0. The molecule has 0 saturated carbocycles. The molecule has 0 unspecified atom stereocenters. The summed E-state index contributed by atoms with van der Waals surface area (Å²) in [4.78, 5) is 0. The Morgan fingerprint density at radius 1 is 0.625 bits per heavy atom. The standard InChI is InChI=1S/C12H10N2O2/c13-7-1-3-9-11(5-7)16-12-6-8(14)2-4-10(12)15-9/h1-6H,13-14H2. The minimum absolute atomic E-state index is 0.609. The molecule has 0 saturated heterocycles. The lowest BCUT2D eigenvalue weighted by molar-refractivity contribution is 0.360. The number of nitrogen functional groups attached to an aromatic ring is 2. The first kappa shape index (κ1) is 8.91. The topological polar surface area (TPSA) is 70.5 Å². The Morgan fingerprint density at radius 3 is 1.56 bits per heavy atom. The third kappa shape index (κ3) is 1.32. The summed E-state index contributed by atoms with van der Waals surface area (Å²) in [6, 6.07) is 10.5. The second-order valence-corrected chi connectivity index (χ2v) is 3.62. The number of rotatable bonds is 0. The molecule has 0 atom stereocenters. The molecule has 0 aliphatic carbocycles. The largest absolute Gasteiger partial charge is 0.450 e. The van der Waals surface area contributed by atoms with Gasteiger partial charge in [-0.05, 0) is 24.3 Å². The molecule has 0 spiro atoms. The fourth-order valence-corrected chi connectivity index (χ4v) is 1.61. The molecule has 0 amide bonds. The third-order valence-corrected chi connectivity index (χ3v) is 2.38. The van der Waals surface area contributed by atoms with E-state index in [-0.39, 0.29) is 0 Å².